The maximum absolute atomic E-state index is 5.07. The van der Waals surface area contributed by atoms with E-state index in [9.17, 15) is 0 Å². The normalized spacial score (nSPS) is 10.7. The number of halogens is 1. The summed E-state index contributed by atoms with van der Waals surface area (Å²) in [6.07, 6.45) is 4.75. The molecule has 2 aromatic rings. The minimum atomic E-state index is 0.758. The number of hydrogen-bond donors (Lipinski definition) is 1. The van der Waals surface area contributed by atoms with Gasteiger partial charge in [0.05, 0.1) is 0 Å². The molecular formula is C14H18BrN3O. The van der Waals surface area contributed by atoms with Crippen molar-refractivity contribution in [3.05, 3.63) is 40.6 Å². The van der Waals surface area contributed by atoms with Crippen LogP contribution in [0.1, 0.15) is 12.0 Å². The van der Waals surface area contributed by atoms with Crippen molar-refractivity contribution in [2.45, 2.75) is 19.9 Å². The van der Waals surface area contributed by atoms with Gasteiger partial charge in [0, 0.05) is 42.8 Å². The van der Waals surface area contributed by atoms with Crippen LogP contribution in [0.2, 0.25) is 0 Å². The molecule has 0 aliphatic rings. The number of hydrogen-bond acceptors (Lipinski definition) is 3. The van der Waals surface area contributed by atoms with E-state index in [0.717, 1.165) is 35.7 Å². The Bertz CT molecular complexity index is 519. The van der Waals surface area contributed by atoms with E-state index in [4.69, 9.17) is 4.74 Å². The Morgan fingerprint density at radius 1 is 1.37 bits per heavy atom. The van der Waals surface area contributed by atoms with Crippen molar-refractivity contribution in [1.29, 1.82) is 0 Å². The van der Waals surface area contributed by atoms with Crippen LogP contribution in [0.3, 0.4) is 0 Å². The topological polar surface area (TPSA) is 39.1 Å². The lowest BCUT2D eigenvalue weighted by atomic mass is 10.2. The molecule has 0 unspecified atom stereocenters. The molecule has 0 saturated carbocycles. The van der Waals surface area contributed by atoms with Crippen LogP contribution >= 0.6 is 15.9 Å². The van der Waals surface area contributed by atoms with Gasteiger partial charge in [-0.1, -0.05) is 15.9 Å². The molecule has 1 heterocycles. The highest BCUT2D eigenvalue weighted by molar-refractivity contribution is 9.10. The minimum absolute atomic E-state index is 0.758. The zero-order chi connectivity index (χ0) is 13.7. The number of rotatable bonds is 6. The highest BCUT2D eigenvalue weighted by Gasteiger charge is 2.04. The van der Waals surface area contributed by atoms with E-state index < -0.39 is 0 Å². The zero-order valence-corrected chi connectivity index (χ0v) is 12.8. The molecular weight excluding hydrogens is 306 g/mol. The Balaban J connectivity index is 2.08. The van der Waals surface area contributed by atoms with E-state index in [2.05, 4.69) is 49.9 Å². The molecule has 0 spiro atoms. The average molecular weight is 324 g/mol. The number of imidazole rings is 1. The van der Waals surface area contributed by atoms with Crippen LogP contribution in [-0.2, 0) is 11.3 Å². The standard InChI is InChI=1S/C14H18BrN3O/c1-11-8-12(15)10-13(9-11)17-14-16-4-6-18(14)5-3-7-19-2/h4,6,8-10H,3,5,7H2,1-2H3,(H,16,17). The number of ether oxygens (including phenoxy) is 1. The van der Waals surface area contributed by atoms with Crippen LogP contribution in [0.5, 0.6) is 0 Å². The maximum atomic E-state index is 5.07. The first-order chi connectivity index (χ1) is 9.19. The quantitative estimate of drug-likeness (QED) is 0.823. The number of methoxy groups -OCH3 is 1. The zero-order valence-electron chi connectivity index (χ0n) is 11.2. The molecule has 0 amide bonds. The molecule has 1 aromatic carbocycles. The van der Waals surface area contributed by atoms with Crippen LogP contribution in [0.15, 0.2) is 35.1 Å². The molecule has 1 aromatic heterocycles. The Kier molecular flexibility index (Phi) is 4.99. The second kappa shape index (κ2) is 6.73. The monoisotopic (exact) mass is 323 g/mol. The highest BCUT2D eigenvalue weighted by Crippen LogP contribution is 2.22. The van der Waals surface area contributed by atoms with Crippen molar-refractivity contribution >= 4 is 27.6 Å². The van der Waals surface area contributed by atoms with Crippen LogP contribution in [0.25, 0.3) is 0 Å². The molecule has 19 heavy (non-hydrogen) atoms. The van der Waals surface area contributed by atoms with Gasteiger partial charge in [-0.15, -0.1) is 0 Å². The fraction of sp³-hybridized carbons (Fsp3) is 0.357. The van der Waals surface area contributed by atoms with E-state index >= 15 is 0 Å². The van der Waals surface area contributed by atoms with Crippen molar-refractivity contribution in [3.63, 3.8) is 0 Å². The third kappa shape index (κ3) is 4.08. The van der Waals surface area contributed by atoms with Gasteiger partial charge in [0.2, 0.25) is 5.95 Å². The van der Waals surface area contributed by atoms with Crippen molar-refractivity contribution < 1.29 is 4.74 Å². The van der Waals surface area contributed by atoms with E-state index in [0.29, 0.717) is 0 Å². The molecule has 0 fully saturated rings. The van der Waals surface area contributed by atoms with E-state index in [1.165, 1.54) is 5.56 Å². The molecule has 4 nitrogen and oxygen atoms in total. The van der Waals surface area contributed by atoms with E-state index in [-0.39, 0.29) is 0 Å². The number of aromatic nitrogens is 2. The SMILES string of the molecule is COCCCn1ccnc1Nc1cc(C)cc(Br)c1. The minimum Gasteiger partial charge on any atom is -0.385 e. The van der Waals surface area contributed by atoms with Gasteiger partial charge in [-0.05, 0) is 37.1 Å². The third-order valence-electron chi connectivity index (χ3n) is 2.76. The third-order valence-corrected chi connectivity index (χ3v) is 3.22. The largest absolute Gasteiger partial charge is 0.385 e. The summed E-state index contributed by atoms with van der Waals surface area (Å²) in [7, 11) is 1.72. The Labute approximate surface area is 121 Å². The number of anilines is 2. The van der Waals surface area contributed by atoms with E-state index in [1.54, 1.807) is 13.3 Å². The van der Waals surface area contributed by atoms with Gasteiger partial charge in [0.1, 0.15) is 0 Å². The second-order valence-electron chi connectivity index (χ2n) is 4.43. The lowest BCUT2D eigenvalue weighted by Crippen LogP contribution is -2.05. The first-order valence-electron chi connectivity index (χ1n) is 6.23. The molecule has 0 bridgehead atoms. The van der Waals surface area contributed by atoms with E-state index in [1.807, 2.05) is 12.3 Å². The van der Waals surface area contributed by atoms with Gasteiger partial charge in [-0.2, -0.15) is 0 Å². The number of nitrogens with one attached hydrogen (secondary N) is 1. The van der Waals surface area contributed by atoms with Crippen LogP contribution in [-0.4, -0.2) is 23.3 Å². The Hall–Kier alpha value is -1.33. The molecule has 1 N–H and O–H groups in total. The molecule has 0 aliphatic heterocycles. The van der Waals surface area contributed by atoms with Gasteiger partial charge in [0.15, 0.2) is 0 Å². The van der Waals surface area contributed by atoms with Crippen molar-refractivity contribution in [1.82, 2.24) is 9.55 Å². The maximum Gasteiger partial charge on any atom is 0.207 e. The van der Waals surface area contributed by atoms with Gasteiger partial charge >= 0.3 is 0 Å². The lowest BCUT2D eigenvalue weighted by molar-refractivity contribution is 0.190. The summed E-state index contributed by atoms with van der Waals surface area (Å²) in [5, 5.41) is 3.34. The lowest BCUT2D eigenvalue weighted by Gasteiger charge is -2.10. The van der Waals surface area contributed by atoms with Crippen LogP contribution in [0, 0.1) is 6.92 Å². The van der Waals surface area contributed by atoms with Gasteiger partial charge < -0.3 is 14.6 Å². The average Bonchev–Trinajstić information content (AvgIpc) is 2.76. The summed E-state index contributed by atoms with van der Waals surface area (Å²) in [5.74, 6) is 0.855. The predicted molar refractivity (Wildman–Crippen MR) is 80.9 cm³/mol. The fourth-order valence-corrected chi connectivity index (χ4v) is 2.54. The molecule has 0 radical (unpaired) electrons. The Morgan fingerprint density at radius 2 is 2.21 bits per heavy atom. The van der Waals surface area contributed by atoms with Crippen molar-refractivity contribution in [2.75, 3.05) is 19.0 Å². The van der Waals surface area contributed by atoms with Crippen LogP contribution < -0.4 is 5.32 Å². The predicted octanol–water partition coefficient (Wildman–Crippen LogP) is 3.73. The number of benzene rings is 1. The molecule has 102 valence electrons. The number of nitrogens with zero attached hydrogens (tertiary/aromatic N) is 2. The van der Waals surface area contributed by atoms with Gasteiger partial charge in [-0.25, -0.2) is 4.98 Å². The summed E-state index contributed by atoms with van der Waals surface area (Å²) in [5.41, 5.74) is 2.24. The first kappa shape index (κ1) is 14.1. The smallest absolute Gasteiger partial charge is 0.207 e. The highest BCUT2D eigenvalue weighted by atomic mass is 79.9. The van der Waals surface area contributed by atoms with Gasteiger partial charge in [-0.3, -0.25) is 0 Å². The van der Waals surface area contributed by atoms with Gasteiger partial charge in [0.25, 0.3) is 0 Å². The first-order valence-corrected chi connectivity index (χ1v) is 7.02. The number of aryl methyl sites for hydroxylation is 2. The van der Waals surface area contributed by atoms with Crippen molar-refractivity contribution in [3.8, 4) is 0 Å². The molecule has 0 aliphatic carbocycles. The summed E-state index contributed by atoms with van der Waals surface area (Å²) in [4.78, 5) is 4.35. The molecule has 5 heteroatoms. The summed E-state index contributed by atoms with van der Waals surface area (Å²) in [6.45, 7) is 3.72. The molecule has 0 saturated heterocycles. The molecule has 0 atom stereocenters. The van der Waals surface area contributed by atoms with Crippen molar-refractivity contribution in [2.24, 2.45) is 0 Å². The molecule has 2 rings (SSSR count). The fourth-order valence-electron chi connectivity index (χ4n) is 1.93. The summed E-state index contributed by atoms with van der Waals surface area (Å²) < 4.78 is 8.22. The van der Waals surface area contributed by atoms with Crippen LogP contribution in [0.4, 0.5) is 11.6 Å². The second-order valence-corrected chi connectivity index (χ2v) is 5.35. The summed E-state index contributed by atoms with van der Waals surface area (Å²) >= 11 is 3.50. The summed E-state index contributed by atoms with van der Waals surface area (Å²) in [6, 6.07) is 6.22. The Morgan fingerprint density at radius 3 is 2.95 bits per heavy atom.